The third-order valence-corrected chi connectivity index (χ3v) is 3.58. The topological polar surface area (TPSA) is 81.7 Å². The number of amides is 1. The molecule has 130 valence electrons. The van der Waals surface area contributed by atoms with E-state index in [0.717, 1.165) is 5.56 Å². The van der Waals surface area contributed by atoms with Crippen molar-refractivity contribution in [2.45, 2.75) is 13.3 Å². The first kappa shape index (κ1) is 18.2. The fourth-order valence-corrected chi connectivity index (χ4v) is 2.31. The number of aryl methyl sites for hydroxylation is 1. The van der Waals surface area contributed by atoms with Crippen molar-refractivity contribution >= 4 is 23.2 Å². The summed E-state index contributed by atoms with van der Waals surface area (Å²) in [6.45, 7) is 1.85. The molecular weight excluding hydrogens is 322 g/mol. The maximum atomic E-state index is 12.3. The number of methoxy groups -OCH3 is 2. The van der Waals surface area contributed by atoms with Gasteiger partial charge in [0.05, 0.1) is 31.9 Å². The zero-order chi connectivity index (χ0) is 18.4. The van der Waals surface area contributed by atoms with Crippen LogP contribution < -0.4 is 14.8 Å². The second kappa shape index (κ2) is 8.10. The summed E-state index contributed by atoms with van der Waals surface area (Å²) in [5.41, 5.74) is 1.54. The third-order valence-electron chi connectivity index (χ3n) is 3.58. The number of anilines is 1. The van der Waals surface area contributed by atoms with Crippen LogP contribution in [-0.2, 0) is 9.59 Å². The maximum Gasteiger partial charge on any atom is 0.292 e. The van der Waals surface area contributed by atoms with E-state index >= 15 is 0 Å². The van der Waals surface area contributed by atoms with Gasteiger partial charge in [-0.2, -0.15) is 0 Å². The maximum absolute atomic E-state index is 12.3. The van der Waals surface area contributed by atoms with Crippen molar-refractivity contribution in [1.29, 1.82) is 0 Å². The van der Waals surface area contributed by atoms with Gasteiger partial charge in [-0.15, -0.1) is 0 Å². The van der Waals surface area contributed by atoms with Crippen LogP contribution in [0.4, 0.5) is 5.69 Å². The highest BCUT2D eigenvalue weighted by atomic mass is 16.5. The lowest BCUT2D eigenvalue weighted by molar-refractivity contribution is -0.134. The van der Waals surface area contributed by atoms with Gasteiger partial charge >= 0.3 is 0 Å². The van der Waals surface area contributed by atoms with Gasteiger partial charge in [0.15, 0.2) is 5.78 Å². The molecule has 2 aromatic rings. The van der Waals surface area contributed by atoms with Crippen molar-refractivity contribution < 1.29 is 23.9 Å². The average Bonchev–Trinajstić information content (AvgIpc) is 2.61. The molecule has 0 unspecified atom stereocenters. The molecule has 6 heteroatoms. The van der Waals surface area contributed by atoms with Gasteiger partial charge in [0.2, 0.25) is 5.78 Å². The van der Waals surface area contributed by atoms with E-state index in [1.165, 1.54) is 14.2 Å². The first-order chi connectivity index (χ1) is 12.0. The van der Waals surface area contributed by atoms with Crippen molar-refractivity contribution in [2.75, 3.05) is 19.5 Å². The zero-order valence-electron chi connectivity index (χ0n) is 14.3. The van der Waals surface area contributed by atoms with E-state index < -0.39 is 23.9 Å². The van der Waals surface area contributed by atoms with E-state index in [1.807, 2.05) is 13.0 Å². The molecule has 0 spiro atoms. The number of nitrogens with one attached hydrogen (secondary N) is 1. The Kier molecular flexibility index (Phi) is 5.89. The van der Waals surface area contributed by atoms with E-state index in [9.17, 15) is 14.4 Å². The second-order valence-corrected chi connectivity index (χ2v) is 5.38. The average molecular weight is 341 g/mol. The van der Waals surface area contributed by atoms with E-state index in [4.69, 9.17) is 9.47 Å². The Bertz CT molecular complexity index is 813. The predicted octanol–water partition coefficient (Wildman–Crippen LogP) is 2.79. The number of hydrogen-bond acceptors (Lipinski definition) is 5. The van der Waals surface area contributed by atoms with Crippen LogP contribution in [0.3, 0.4) is 0 Å². The van der Waals surface area contributed by atoms with Crippen molar-refractivity contribution in [3.63, 3.8) is 0 Å². The molecule has 0 aromatic heterocycles. The Morgan fingerprint density at radius 3 is 2.32 bits per heavy atom. The molecule has 25 heavy (non-hydrogen) atoms. The fraction of sp³-hybridized carbons (Fsp3) is 0.211. The molecule has 0 aliphatic heterocycles. The molecular formula is C19H19NO5. The normalized spacial score (nSPS) is 10.0. The highest BCUT2D eigenvalue weighted by molar-refractivity contribution is 6.44. The molecule has 0 heterocycles. The highest BCUT2D eigenvalue weighted by Gasteiger charge is 2.22. The number of carbonyl (C=O) groups excluding carboxylic acids is 3. The summed E-state index contributed by atoms with van der Waals surface area (Å²) in [6.07, 6.45) is -0.541. The zero-order valence-corrected chi connectivity index (χ0v) is 14.3. The van der Waals surface area contributed by atoms with Gasteiger partial charge < -0.3 is 14.8 Å². The third kappa shape index (κ3) is 4.44. The molecule has 6 nitrogen and oxygen atoms in total. The summed E-state index contributed by atoms with van der Waals surface area (Å²) in [7, 11) is 2.90. The van der Waals surface area contributed by atoms with Crippen LogP contribution in [-0.4, -0.2) is 31.7 Å². The number of ketones is 2. The smallest absolute Gasteiger partial charge is 0.292 e. The predicted molar refractivity (Wildman–Crippen MR) is 93.3 cm³/mol. The van der Waals surface area contributed by atoms with Crippen LogP contribution >= 0.6 is 0 Å². The number of hydrogen-bond donors (Lipinski definition) is 1. The summed E-state index contributed by atoms with van der Waals surface area (Å²) in [4.78, 5) is 36.5. The van der Waals surface area contributed by atoms with E-state index in [0.29, 0.717) is 17.2 Å². The Morgan fingerprint density at radius 1 is 0.960 bits per heavy atom. The fourth-order valence-electron chi connectivity index (χ4n) is 2.31. The van der Waals surface area contributed by atoms with Gasteiger partial charge in [-0.1, -0.05) is 18.2 Å². The van der Waals surface area contributed by atoms with E-state index in [-0.39, 0.29) is 5.56 Å². The monoisotopic (exact) mass is 341 g/mol. The number of rotatable bonds is 7. The van der Waals surface area contributed by atoms with Crippen LogP contribution in [0.5, 0.6) is 11.5 Å². The number of benzene rings is 2. The molecule has 2 rings (SSSR count). The van der Waals surface area contributed by atoms with Crippen LogP contribution in [0.15, 0.2) is 42.5 Å². The summed E-state index contributed by atoms with van der Waals surface area (Å²) >= 11 is 0. The van der Waals surface area contributed by atoms with Crippen molar-refractivity contribution in [3.05, 3.63) is 53.6 Å². The standard InChI is InChI=1S/C19H19NO5/c1-12-8-9-18(25-3)14(10-12)20-19(23)16(22)11-15(21)13-6-4-5-7-17(13)24-2/h4-10H,11H2,1-3H3,(H,20,23). The van der Waals surface area contributed by atoms with Gasteiger partial charge in [-0.3, -0.25) is 14.4 Å². The van der Waals surface area contributed by atoms with Gasteiger partial charge in [0.25, 0.3) is 5.91 Å². The molecule has 0 bridgehead atoms. The lowest BCUT2D eigenvalue weighted by atomic mass is 10.0. The Hall–Kier alpha value is -3.15. The molecule has 1 N–H and O–H groups in total. The SMILES string of the molecule is COc1ccc(C)cc1NC(=O)C(=O)CC(=O)c1ccccc1OC. The van der Waals surface area contributed by atoms with Gasteiger partial charge in [-0.25, -0.2) is 0 Å². The molecule has 1 amide bonds. The summed E-state index contributed by atoms with van der Waals surface area (Å²) < 4.78 is 10.3. The van der Waals surface area contributed by atoms with Crippen LogP contribution in [0.25, 0.3) is 0 Å². The Balaban J connectivity index is 2.09. The number of para-hydroxylation sites is 1. The Morgan fingerprint density at radius 2 is 1.64 bits per heavy atom. The highest BCUT2D eigenvalue weighted by Crippen LogP contribution is 2.25. The van der Waals surface area contributed by atoms with Crippen LogP contribution in [0.2, 0.25) is 0 Å². The first-order valence-electron chi connectivity index (χ1n) is 7.61. The molecule has 2 aromatic carbocycles. The molecule has 0 radical (unpaired) electrons. The van der Waals surface area contributed by atoms with Crippen molar-refractivity contribution in [2.24, 2.45) is 0 Å². The summed E-state index contributed by atoms with van der Waals surface area (Å²) in [6, 6.07) is 11.8. The lowest BCUT2D eigenvalue weighted by Gasteiger charge is -2.11. The minimum atomic E-state index is -0.868. The quantitative estimate of drug-likeness (QED) is 0.476. The number of Topliss-reactive ketones (excluding diaryl/α,β-unsaturated/α-hetero) is 2. The molecule has 0 aliphatic rings. The van der Waals surface area contributed by atoms with E-state index in [2.05, 4.69) is 5.32 Å². The molecule has 0 aliphatic carbocycles. The van der Waals surface area contributed by atoms with Crippen LogP contribution in [0, 0.1) is 6.92 Å². The summed E-state index contributed by atoms with van der Waals surface area (Å²) in [5.74, 6) is -1.38. The first-order valence-corrected chi connectivity index (χ1v) is 7.61. The molecule has 0 saturated heterocycles. The van der Waals surface area contributed by atoms with Crippen LogP contribution in [0.1, 0.15) is 22.3 Å². The molecule has 0 saturated carbocycles. The number of carbonyl (C=O) groups is 3. The van der Waals surface area contributed by atoms with Gasteiger partial charge in [0, 0.05) is 0 Å². The number of ether oxygens (including phenoxy) is 2. The van der Waals surface area contributed by atoms with Gasteiger partial charge in [0.1, 0.15) is 11.5 Å². The second-order valence-electron chi connectivity index (χ2n) is 5.38. The largest absolute Gasteiger partial charge is 0.496 e. The van der Waals surface area contributed by atoms with Crippen molar-refractivity contribution in [3.8, 4) is 11.5 Å². The van der Waals surface area contributed by atoms with Gasteiger partial charge in [-0.05, 0) is 36.8 Å². The Labute approximate surface area is 145 Å². The lowest BCUT2D eigenvalue weighted by Crippen LogP contribution is -2.25. The minimum Gasteiger partial charge on any atom is -0.496 e. The molecule has 0 atom stereocenters. The van der Waals surface area contributed by atoms with E-state index in [1.54, 1.807) is 36.4 Å². The molecule has 0 fully saturated rings. The minimum absolute atomic E-state index is 0.263. The summed E-state index contributed by atoms with van der Waals surface area (Å²) in [5, 5.41) is 2.49. The van der Waals surface area contributed by atoms with Crippen molar-refractivity contribution in [1.82, 2.24) is 0 Å².